The van der Waals surface area contributed by atoms with Gasteiger partial charge in [0.15, 0.2) is 5.41 Å². The summed E-state index contributed by atoms with van der Waals surface area (Å²) < 4.78 is 5.19. The van der Waals surface area contributed by atoms with Crippen molar-refractivity contribution < 1.29 is 24.2 Å². The van der Waals surface area contributed by atoms with E-state index in [4.69, 9.17) is 15.6 Å². The Morgan fingerprint density at radius 3 is 1.68 bits per heavy atom. The van der Waals surface area contributed by atoms with Crippen molar-refractivity contribution in [2.24, 2.45) is 16.6 Å². The van der Waals surface area contributed by atoms with Crippen LogP contribution in [0, 0.1) is 10.8 Å². The van der Waals surface area contributed by atoms with Crippen molar-refractivity contribution in [1.29, 1.82) is 0 Å². The molecule has 0 saturated heterocycles. The van der Waals surface area contributed by atoms with Crippen LogP contribution in [0.3, 0.4) is 0 Å². The lowest BCUT2D eigenvalue weighted by molar-refractivity contribution is -0.182. The molecule has 0 fully saturated rings. The van der Waals surface area contributed by atoms with Crippen LogP contribution in [0.25, 0.3) is 0 Å². The van der Waals surface area contributed by atoms with E-state index in [0.29, 0.717) is 0 Å². The van der Waals surface area contributed by atoms with Crippen LogP contribution in [-0.2, 0) is 19.1 Å². The number of primary amides is 1. The third-order valence-corrected chi connectivity index (χ3v) is 2.86. The largest absolute Gasteiger partial charge is 0.481 e. The number of carboxylic acids is 1. The SMILES string of the molecule is CC(C)(C)OC(=O)C(CC(=O)O)(C(N)=O)C(C)(C)C. The van der Waals surface area contributed by atoms with Crippen molar-refractivity contribution in [3.63, 3.8) is 0 Å². The van der Waals surface area contributed by atoms with Gasteiger partial charge in [0, 0.05) is 0 Å². The molecule has 0 heterocycles. The lowest BCUT2D eigenvalue weighted by Crippen LogP contribution is -2.55. The van der Waals surface area contributed by atoms with E-state index in [-0.39, 0.29) is 0 Å². The minimum atomic E-state index is -1.90. The molecule has 6 nitrogen and oxygen atoms in total. The summed E-state index contributed by atoms with van der Waals surface area (Å²) in [5, 5.41) is 8.99. The number of hydrogen-bond acceptors (Lipinski definition) is 4. The molecular formula is C13H23NO5. The summed E-state index contributed by atoms with van der Waals surface area (Å²) in [5.41, 5.74) is 1.62. The molecule has 0 bridgehead atoms. The zero-order valence-electron chi connectivity index (χ0n) is 12.4. The van der Waals surface area contributed by atoms with Crippen molar-refractivity contribution >= 4 is 17.8 Å². The highest BCUT2D eigenvalue weighted by Crippen LogP contribution is 2.43. The summed E-state index contributed by atoms with van der Waals surface area (Å²) >= 11 is 0. The van der Waals surface area contributed by atoms with Crippen LogP contribution in [0.5, 0.6) is 0 Å². The fourth-order valence-corrected chi connectivity index (χ4v) is 1.79. The number of carboxylic acid groups (broad SMARTS) is 1. The maximum atomic E-state index is 12.3. The Balaban J connectivity index is 5.80. The van der Waals surface area contributed by atoms with Crippen molar-refractivity contribution in [1.82, 2.24) is 0 Å². The van der Waals surface area contributed by atoms with Gasteiger partial charge in [0.2, 0.25) is 5.91 Å². The van der Waals surface area contributed by atoms with E-state index in [0.717, 1.165) is 0 Å². The summed E-state index contributed by atoms with van der Waals surface area (Å²) in [5.74, 6) is -3.17. The fraction of sp³-hybridized carbons (Fsp3) is 0.769. The van der Waals surface area contributed by atoms with E-state index in [2.05, 4.69) is 0 Å². The molecule has 1 amide bonds. The maximum Gasteiger partial charge on any atom is 0.323 e. The summed E-state index contributed by atoms with van der Waals surface area (Å²) in [6.07, 6.45) is -0.694. The molecule has 0 radical (unpaired) electrons. The third kappa shape index (κ3) is 3.94. The molecular weight excluding hydrogens is 250 g/mol. The van der Waals surface area contributed by atoms with Crippen molar-refractivity contribution in [3.05, 3.63) is 0 Å². The molecule has 6 heteroatoms. The zero-order chi connectivity index (χ0) is 15.6. The summed E-state index contributed by atoms with van der Waals surface area (Å²) in [6.45, 7) is 9.68. The molecule has 3 N–H and O–H groups in total. The van der Waals surface area contributed by atoms with Gasteiger partial charge in [0.25, 0.3) is 0 Å². The second-order valence-corrected chi connectivity index (χ2v) is 6.59. The smallest absolute Gasteiger partial charge is 0.323 e. The number of esters is 1. The molecule has 19 heavy (non-hydrogen) atoms. The summed E-state index contributed by atoms with van der Waals surface area (Å²) in [6, 6.07) is 0. The average molecular weight is 273 g/mol. The van der Waals surface area contributed by atoms with Gasteiger partial charge in [-0.15, -0.1) is 0 Å². The molecule has 0 aromatic rings. The number of rotatable bonds is 4. The first-order chi connectivity index (χ1) is 8.24. The number of ether oxygens (including phenoxy) is 1. The van der Waals surface area contributed by atoms with E-state index in [1.807, 2.05) is 0 Å². The van der Waals surface area contributed by atoms with Crippen LogP contribution < -0.4 is 5.73 Å². The van der Waals surface area contributed by atoms with E-state index in [1.54, 1.807) is 41.5 Å². The standard InChI is InChI=1S/C13H23NO5/c1-11(2,3)13(9(14)17,7-8(15)16)10(18)19-12(4,5)6/h7H2,1-6H3,(H2,14,17)(H,15,16). The average Bonchev–Trinajstić information content (AvgIpc) is 2.07. The second-order valence-electron chi connectivity index (χ2n) is 6.59. The van der Waals surface area contributed by atoms with Crippen molar-refractivity contribution in [2.75, 3.05) is 0 Å². The summed E-state index contributed by atoms with van der Waals surface area (Å²) in [4.78, 5) is 35.1. The Kier molecular flexibility index (Phi) is 4.75. The van der Waals surface area contributed by atoms with Crippen LogP contribution in [0.15, 0.2) is 0 Å². The van der Waals surface area contributed by atoms with Crippen LogP contribution >= 0.6 is 0 Å². The number of hydrogen-bond donors (Lipinski definition) is 2. The van der Waals surface area contributed by atoms with E-state index in [1.165, 1.54) is 0 Å². The van der Waals surface area contributed by atoms with Gasteiger partial charge in [-0.25, -0.2) is 0 Å². The van der Waals surface area contributed by atoms with Crippen LogP contribution in [0.1, 0.15) is 48.0 Å². The van der Waals surface area contributed by atoms with Crippen molar-refractivity contribution in [2.45, 2.75) is 53.6 Å². The summed E-state index contributed by atoms with van der Waals surface area (Å²) in [7, 11) is 0. The van der Waals surface area contributed by atoms with Gasteiger partial charge in [0.05, 0.1) is 6.42 Å². The highest BCUT2D eigenvalue weighted by molar-refractivity contribution is 6.05. The molecule has 0 rings (SSSR count). The normalized spacial score (nSPS) is 15.5. The molecule has 110 valence electrons. The topological polar surface area (TPSA) is 107 Å². The molecule has 0 aromatic carbocycles. The molecule has 0 spiro atoms. The second kappa shape index (κ2) is 5.19. The highest BCUT2D eigenvalue weighted by atomic mass is 16.6. The lowest BCUT2D eigenvalue weighted by Gasteiger charge is -2.40. The number of amides is 1. The highest BCUT2D eigenvalue weighted by Gasteiger charge is 2.57. The first-order valence-electron chi connectivity index (χ1n) is 5.99. The monoisotopic (exact) mass is 273 g/mol. The predicted octanol–water partition coefficient (Wildman–Crippen LogP) is 1.32. The van der Waals surface area contributed by atoms with Crippen molar-refractivity contribution in [3.8, 4) is 0 Å². The number of nitrogens with two attached hydrogens (primary N) is 1. The molecule has 1 unspecified atom stereocenters. The number of carbonyl (C=O) groups is 3. The predicted molar refractivity (Wildman–Crippen MR) is 69.2 cm³/mol. The Bertz CT molecular complexity index is 389. The van der Waals surface area contributed by atoms with Gasteiger partial charge in [-0.1, -0.05) is 20.8 Å². The van der Waals surface area contributed by atoms with Crippen LogP contribution in [0.4, 0.5) is 0 Å². The Hall–Kier alpha value is -1.59. The van der Waals surface area contributed by atoms with Crippen LogP contribution in [0.2, 0.25) is 0 Å². The Morgan fingerprint density at radius 1 is 1.05 bits per heavy atom. The quantitative estimate of drug-likeness (QED) is 0.593. The molecule has 0 aromatic heterocycles. The fourth-order valence-electron chi connectivity index (χ4n) is 1.79. The van der Waals surface area contributed by atoms with Gasteiger partial charge in [-0.2, -0.15) is 0 Å². The minimum absolute atomic E-state index is 0.694. The number of aliphatic carboxylic acids is 1. The van der Waals surface area contributed by atoms with Gasteiger partial charge >= 0.3 is 11.9 Å². The molecule has 0 aliphatic heterocycles. The number of carbonyl (C=O) groups excluding carboxylic acids is 2. The first-order valence-corrected chi connectivity index (χ1v) is 5.99. The molecule has 1 atom stereocenters. The third-order valence-electron chi connectivity index (χ3n) is 2.86. The van der Waals surface area contributed by atoms with E-state index >= 15 is 0 Å². The Labute approximate surface area is 113 Å². The van der Waals surface area contributed by atoms with Crippen LogP contribution in [-0.4, -0.2) is 28.6 Å². The van der Waals surface area contributed by atoms with Gasteiger partial charge < -0.3 is 15.6 Å². The van der Waals surface area contributed by atoms with Gasteiger partial charge in [0.1, 0.15) is 5.60 Å². The molecule has 0 saturated carbocycles. The molecule has 0 aliphatic rings. The molecule has 0 aliphatic carbocycles. The van der Waals surface area contributed by atoms with Gasteiger partial charge in [-0.05, 0) is 26.2 Å². The van der Waals surface area contributed by atoms with E-state index < -0.39 is 40.7 Å². The van der Waals surface area contributed by atoms with Gasteiger partial charge in [-0.3, -0.25) is 14.4 Å². The maximum absolute atomic E-state index is 12.3. The van der Waals surface area contributed by atoms with E-state index in [9.17, 15) is 14.4 Å². The lowest BCUT2D eigenvalue weighted by atomic mass is 9.64. The zero-order valence-corrected chi connectivity index (χ0v) is 12.4. The minimum Gasteiger partial charge on any atom is -0.481 e. The Morgan fingerprint density at radius 2 is 1.47 bits per heavy atom. The first kappa shape index (κ1) is 17.4.